The lowest BCUT2D eigenvalue weighted by Gasteiger charge is -2.24. The number of carboxylic acids is 1. The molecule has 2 N–H and O–H groups in total. The maximum Gasteiger partial charge on any atom is 0.308 e. The Labute approximate surface area is 128 Å². The van der Waals surface area contributed by atoms with Gasteiger partial charge in [0.2, 0.25) is 0 Å². The topological polar surface area (TPSA) is 88.4 Å². The second-order valence-corrected chi connectivity index (χ2v) is 6.99. The van der Waals surface area contributed by atoms with E-state index in [0.717, 1.165) is 0 Å². The number of rotatable bonds is 3. The standard InChI is InChI=1S/C15H16N2O4S/c1-2-10(15(18)19)14-12-7-5-9-17(12)22(20,21)13-8-4-3-6-11(13)16-14/h3-10,14,16H,2H2,1H3,(H,18,19). The van der Waals surface area contributed by atoms with Crippen molar-refractivity contribution in [3.63, 3.8) is 0 Å². The van der Waals surface area contributed by atoms with Crippen LogP contribution in [0.4, 0.5) is 5.69 Å². The van der Waals surface area contributed by atoms with Crippen molar-refractivity contribution in [2.75, 3.05) is 5.32 Å². The van der Waals surface area contributed by atoms with Crippen LogP contribution in [-0.4, -0.2) is 23.5 Å². The van der Waals surface area contributed by atoms with E-state index in [1.807, 2.05) is 0 Å². The monoisotopic (exact) mass is 320 g/mol. The number of hydrogen-bond donors (Lipinski definition) is 2. The largest absolute Gasteiger partial charge is 0.481 e. The molecule has 2 heterocycles. The van der Waals surface area contributed by atoms with Crippen molar-refractivity contribution in [3.8, 4) is 0 Å². The highest BCUT2D eigenvalue weighted by molar-refractivity contribution is 7.90. The molecule has 2 unspecified atom stereocenters. The molecule has 22 heavy (non-hydrogen) atoms. The summed E-state index contributed by atoms with van der Waals surface area (Å²) in [4.78, 5) is 11.7. The number of carbonyl (C=O) groups is 1. The predicted octanol–water partition coefficient (Wildman–Crippen LogP) is 2.30. The first-order valence-corrected chi connectivity index (χ1v) is 8.42. The van der Waals surface area contributed by atoms with Gasteiger partial charge in [0.25, 0.3) is 10.0 Å². The zero-order valence-corrected chi connectivity index (χ0v) is 12.7. The van der Waals surface area contributed by atoms with Gasteiger partial charge in [0.1, 0.15) is 4.90 Å². The molecule has 6 nitrogen and oxygen atoms in total. The van der Waals surface area contributed by atoms with Crippen molar-refractivity contribution < 1.29 is 18.3 Å². The lowest BCUT2D eigenvalue weighted by molar-refractivity contribution is -0.142. The zero-order chi connectivity index (χ0) is 15.9. The van der Waals surface area contributed by atoms with Gasteiger partial charge in [0.05, 0.1) is 23.3 Å². The molecule has 1 aromatic carbocycles. The number of carboxylic acid groups (broad SMARTS) is 1. The quantitative estimate of drug-likeness (QED) is 0.906. The highest BCUT2D eigenvalue weighted by atomic mass is 32.2. The third-order valence-electron chi connectivity index (χ3n) is 3.96. The van der Waals surface area contributed by atoms with Crippen LogP contribution in [0.5, 0.6) is 0 Å². The summed E-state index contributed by atoms with van der Waals surface area (Å²) in [5.41, 5.74) is 0.862. The lowest BCUT2D eigenvalue weighted by atomic mass is 9.94. The molecule has 1 aromatic heterocycles. The summed E-state index contributed by atoms with van der Waals surface area (Å²) in [5, 5.41) is 12.6. The Kier molecular flexibility index (Phi) is 3.44. The van der Waals surface area contributed by atoms with Gasteiger partial charge in [-0.3, -0.25) is 4.79 Å². The molecule has 7 heteroatoms. The molecule has 0 saturated carbocycles. The maximum atomic E-state index is 12.8. The Morgan fingerprint density at radius 1 is 1.32 bits per heavy atom. The third-order valence-corrected chi connectivity index (χ3v) is 5.72. The number of benzene rings is 1. The minimum atomic E-state index is -3.73. The number of nitrogens with one attached hydrogen (secondary N) is 1. The van der Waals surface area contributed by atoms with Gasteiger partial charge in [-0.25, -0.2) is 12.4 Å². The molecule has 0 aliphatic carbocycles. The summed E-state index contributed by atoms with van der Waals surface area (Å²) in [6.45, 7) is 1.78. The molecular weight excluding hydrogens is 304 g/mol. The molecule has 0 fully saturated rings. The van der Waals surface area contributed by atoms with Crippen molar-refractivity contribution >= 4 is 21.7 Å². The van der Waals surface area contributed by atoms with Crippen molar-refractivity contribution in [2.45, 2.75) is 24.3 Å². The van der Waals surface area contributed by atoms with Crippen LogP contribution in [0.1, 0.15) is 25.1 Å². The second kappa shape index (κ2) is 5.17. The molecule has 2 atom stereocenters. The Balaban J connectivity index is 2.27. The number of hydrogen-bond acceptors (Lipinski definition) is 4. The normalized spacial score (nSPS) is 20.1. The SMILES string of the molecule is CCC(C(=O)O)C1Nc2ccccc2S(=O)(=O)n2cccc21. The average molecular weight is 320 g/mol. The van der Waals surface area contributed by atoms with Crippen molar-refractivity contribution in [1.29, 1.82) is 0 Å². The summed E-state index contributed by atoms with van der Waals surface area (Å²) in [7, 11) is -3.73. The minimum absolute atomic E-state index is 0.148. The fourth-order valence-corrected chi connectivity index (χ4v) is 4.41. The number of para-hydroxylation sites is 1. The molecule has 116 valence electrons. The molecule has 3 rings (SSSR count). The van der Waals surface area contributed by atoms with Gasteiger partial charge < -0.3 is 10.4 Å². The van der Waals surface area contributed by atoms with Gasteiger partial charge in [0.15, 0.2) is 0 Å². The van der Waals surface area contributed by atoms with Gasteiger partial charge in [-0.2, -0.15) is 0 Å². The van der Waals surface area contributed by atoms with Crippen LogP contribution in [0.15, 0.2) is 47.5 Å². The molecule has 0 spiro atoms. The fourth-order valence-electron chi connectivity index (χ4n) is 2.86. The maximum absolute atomic E-state index is 12.8. The van der Waals surface area contributed by atoms with E-state index in [4.69, 9.17) is 0 Å². The summed E-state index contributed by atoms with van der Waals surface area (Å²) >= 11 is 0. The van der Waals surface area contributed by atoms with E-state index in [1.165, 1.54) is 16.2 Å². The first kappa shape index (κ1) is 14.6. The Morgan fingerprint density at radius 2 is 2.05 bits per heavy atom. The van der Waals surface area contributed by atoms with Crippen LogP contribution in [0.3, 0.4) is 0 Å². The minimum Gasteiger partial charge on any atom is -0.481 e. The van der Waals surface area contributed by atoms with Crippen LogP contribution < -0.4 is 5.32 Å². The van der Waals surface area contributed by atoms with Gasteiger partial charge in [-0.1, -0.05) is 19.1 Å². The van der Waals surface area contributed by atoms with Crippen LogP contribution >= 0.6 is 0 Å². The average Bonchev–Trinajstić information content (AvgIpc) is 2.94. The van der Waals surface area contributed by atoms with Gasteiger partial charge in [-0.05, 0) is 30.7 Å². The van der Waals surface area contributed by atoms with Gasteiger partial charge >= 0.3 is 5.97 Å². The zero-order valence-electron chi connectivity index (χ0n) is 11.9. The third kappa shape index (κ3) is 2.09. The smallest absolute Gasteiger partial charge is 0.308 e. The highest BCUT2D eigenvalue weighted by Crippen LogP contribution is 2.37. The van der Waals surface area contributed by atoms with Gasteiger partial charge in [0, 0.05) is 6.20 Å². The Hall–Kier alpha value is -2.28. The van der Waals surface area contributed by atoms with E-state index in [-0.39, 0.29) is 4.90 Å². The highest BCUT2D eigenvalue weighted by Gasteiger charge is 2.36. The first-order chi connectivity index (χ1) is 10.5. The van der Waals surface area contributed by atoms with Gasteiger partial charge in [-0.15, -0.1) is 0 Å². The van der Waals surface area contributed by atoms with Crippen LogP contribution in [-0.2, 0) is 14.8 Å². The molecule has 0 amide bonds. The van der Waals surface area contributed by atoms with Crippen molar-refractivity contribution in [3.05, 3.63) is 48.3 Å². The molecular formula is C15H16N2O4S. The number of aromatic nitrogens is 1. The lowest BCUT2D eigenvalue weighted by Crippen LogP contribution is -2.28. The number of aliphatic carboxylic acids is 1. The molecule has 0 radical (unpaired) electrons. The van der Waals surface area contributed by atoms with E-state index < -0.39 is 28.0 Å². The summed E-state index contributed by atoms with van der Waals surface area (Å²) < 4.78 is 26.7. The Bertz CT molecular complexity index is 826. The summed E-state index contributed by atoms with van der Waals surface area (Å²) in [6.07, 6.45) is 1.84. The second-order valence-electron chi connectivity index (χ2n) is 5.21. The van der Waals surface area contributed by atoms with Crippen LogP contribution in [0, 0.1) is 5.92 Å². The molecule has 0 saturated heterocycles. The Morgan fingerprint density at radius 3 is 2.73 bits per heavy atom. The molecule has 1 aliphatic rings. The van der Waals surface area contributed by atoms with Crippen molar-refractivity contribution in [2.24, 2.45) is 5.92 Å². The summed E-state index contributed by atoms with van der Waals surface area (Å²) in [5.74, 6) is -1.68. The van der Waals surface area contributed by atoms with E-state index in [0.29, 0.717) is 17.8 Å². The van der Waals surface area contributed by atoms with Crippen molar-refractivity contribution in [1.82, 2.24) is 3.97 Å². The molecule has 2 aromatic rings. The fraction of sp³-hybridized carbons (Fsp3) is 0.267. The van der Waals surface area contributed by atoms with E-state index >= 15 is 0 Å². The number of anilines is 1. The predicted molar refractivity (Wildman–Crippen MR) is 81.2 cm³/mol. The first-order valence-electron chi connectivity index (χ1n) is 6.98. The van der Waals surface area contributed by atoms with Crippen LogP contribution in [0.25, 0.3) is 0 Å². The molecule has 0 bridgehead atoms. The van der Waals surface area contributed by atoms with E-state index in [9.17, 15) is 18.3 Å². The molecule has 1 aliphatic heterocycles. The number of fused-ring (bicyclic) bond motifs is 2. The summed E-state index contributed by atoms with van der Waals surface area (Å²) in [6, 6.07) is 9.19. The van der Waals surface area contributed by atoms with Crippen LogP contribution in [0.2, 0.25) is 0 Å². The number of nitrogens with zero attached hydrogens (tertiary/aromatic N) is 1. The van der Waals surface area contributed by atoms with E-state index in [2.05, 4.69) is 5.32 Å². The van der Waals surface area contributed by atoms with E-state index in [1.54, 1.807) is 37.3 Å².